The molecule has 2 N–H and O–H groups in total. The van der Waals surface area contributed by atoms with Gasteiger partial charge >= 0.3 is 0 Å². The molecule has 1 aliphatic rings. The lowest BCUT2D eigenvalue weighted by atomic mass is 9.71. The van der Waals surface area contributed by atoms with Crippen LogP contribution < -0.4 is 10.6 Å². The Morgan fingerprint density at radius 3 is 2.39 bits per heavy atom. The molecule has 0 unspecified atom stereocenters. The Bertz CT molecular complexity index is 420. The molecule has 0 spiro atoms. The maximum absolute atomic E-state index is 5.50. The Balaban J connectivity index is 2.39. The highest BCUT2D eigenvalue weighted by molar-refractivity contribution is 5.93. The van der Waals surface area contributed by atoms with Crippen molar-refractivity contribution in [2.24, 2.45) is 10.9 Å². The van der Waals surface area contributed by atoms with Crippen molar-refractivity contribution in [3.05, 3.63) is 29.8 Å². The minimum atomic E-state index is -0.0841. The number of nitrogens with two attached hydrogens (primary N) is 1. The summed E-state index contributed by atoms with van der Waals surface area (Å²) in [6.45, 7) is 3.49. The van der Waals surface area contributed by atoms with Crippen LogP contribution in [0, 0.1) is 0 Å². The number of methoxy groups -OCH3 is 1. The first kappa shape index (κ1) is 12.9. The highest BCUT2D eigenvalue weighted by Crippen LogP contribution is 2.36. The zero-order valence-electron chi connectivity index (χ0n) is 11.0. The highest BCUT2D eigenvalue weighted by Gasteiger charge is 2.37. The molecular weight excluding hydrogens is 228 g/mol. The Kier molecular flexibility index (Phi) is 3.87. The van der Waals surface area contributed by atoms with E-state index in [0.717, 1.165) is 37.5 Å². The third kappa shape index (κ3) is 2.20. The maximum atomic E-state index is 5.50. The lowest BCUT2D eigenvalue weighted by Gasteiger charge is -2.37. The van der Waals surface area contributed by atoms with Crippen LogP contribution in [0.1, 0.15) is 25.3 Å². The molecule has 4 nitrogen and oxygen atoms in total. The summed E-state index contributed by atoms with van der Waals surface area (Å²) in [7, 11) is 1.67. The fourth-order valence-corrected chi connectivity index (χ4v) is 2.61. The van der Waals surface area contributed by atoms with E-state index in [1.165, 1.54) is 5.56 Å². The molecule has 1 heterocycles. The van der Waals surface area contributed by atoms with Gasteiger partial charge < -0.3 is 15.3 Å². The van der Waals surface area contributed by atoms with E-state index in [0.29, 0.717) is 0 Å². The second-order valence-electron chi connectivity index (χ2n) is 4.64. The first-order valence-corrected chi connectivity index (χ1v) is 6.20. The first-order valence-electron chi connectivity index (χ1n) is 6.20. The van der Waals surface area contributed by atoms with Gasteiger partial charge in [0.25, 0.3) is 0 Å². The number of rotatable bonds is 3. The van der Waals surface area contributed by atoms with E-state index in [4.69, 9.17) is 15.3 Å². The van der Waals surface area contributed by atoms with Crippen LogP contribution in [-0.4, -0.2) is 26.0 Å². The molecule has 1 aromatic rings. The summed E-state index contributed by atoms with van der Waals surface area (Å²) in [6, 6.07) is 8.16. The summed E-state index contributed by atoms with van der Waals surface area (Å²) >= 11 is 0. The standard InChI is InChI=1S/C14H20N2O2/c1-11(16-15)14(7-9-18-10-8-14)12-3-5-13(17-2)6-4-12/h3-6H,7-10,15H2,1-2H3/b16-11+. The second kappa shape index (κ2) is 5.40. The summed E-state index contributed by atoms with van der Waals surface area (Å²) < 4.78 is 10.7. The summed E-state index contributed by atoms with van der Waals surface area (Å²) in [5.74, 6) is 6.37. The largest absolute Gasteiger partial charge is 0.497 e. The second-order valence-corrected chi connectivity index (χ2v) is 4.64. The maximum Gasteiger partial charge on any atom is 0.118 e. The van der Waals surface area contributed by atoms with Crippen molar-refractivity contribution in [3.8, 4) is 5.75 Å². The average molecular weight is 248 g/mol. The Hall–Kier alpha value is -1.55. The van der Waals surface area contributed by atoms with Gasteiger partial charge in [0.2, 0.25) is 0 Å². The number of hydrogen-bond donors (Lipinski definition) is 1. The van der Waals surface area contributed by atoms with E-state index in [1.807, 2.05) is 19.1 Å². The molecule has 2 rings (SSSR count). The molecule has 0 radical (unpaired) electrons. The zero-order chi connectivity index (χ0) is 13.0. The van der Waals surface area contributed by atoms with Gasteiger partial charge in [0, 0.05) is 24.3 Å². The number of ether oxygens (including phenoxy) is 2. The van der Waals surface area contributed by atoms with Gasteiger partial charge in [-0.15, -0.1) is 0 Å². The molecule has 1 fully saturated rings. The quantitative estimate of drug-likeness (QED) is 0.506. The number of hydrazone groups is 1. The molecule has 0 bridgehead atoms. The van der Waals surface area contributed by atoms with Crippen LogP contribution in [0.3, 0.4) is 0 Å². The summed E-state index contributed by atoms with van der Waals surface area (Å²) in [5.41, 5.74) is 2.12. The van der Waals surface area contributed by atoms with Gasteiger partial charge in [0.05, 0.1) is 7.11 Å². The van der Waals surface area contributed by atoms with Crippen LogP contribution in [-0.2, 0) is 10.2 Å². The van der Waals surface area contributed by atoms with Crippen LogP contribution in [0.15, 0.2) is 29.4 Å². The van der Waals surface area contributed by atoms with E-state index in [2.05, 4.69) is 17.2 Å². The van der Waals surface area contributed by atoms with Crippen molar-refractivity contribution < 1.29 is 9.47 Å². The molecule has 0 amide bonds. The molecule has 98 valence electrons. The smallest absolute Gasteiger partial charge is 0.118 e. The fraction of sp³-hybridized carbons (Fsp3) is 0.500. The lowest BCUT2D eigenvalue weighted by Crippen LogP contribution is -2.40. The molecule has 0 aliphatic carbocycles. The third-order valence-electron chi connectivity index (χ3n) is 3.88. The van der Waals surface area contributed by atoms with Gasteiger partial charge in [-0.05, 0) is 37.5 Å². The monoisotopic (exact) mass is 248 g/mol. The van der Waals surface area contributed by atoms with Crippen LogP contribution in [0.2, 0.25) is 0 Å². The summed E-state index contributed by atoms with van der Waals surface area (Å²) in [5, 5.41) is 3.93. The van der Waals surface area contributed by atoms with E-state index >= 15 is 0 Å². The van der Waals surface area contributed by atoms with Crippen molar-refractivity contribution >= 4 is 5.71 Å². The minimum absolute atomic E-state index is 0.0841. The lowest BCUT2D eigenvalue weighted by molar-refractivity contribution is 0.0706. The average Bonchev–Trinajstić information content (AvgIpc) is 2.47. The van der Waals surface area contributed by atoms with Crippen molar-refractivity contribution in [1.82, 2.24) is 0 Å². The number of hydrogen-bond acceptors (Lipinski definition) is 4. The predicted octanol–water partition coefficient (Wildman–Crippen LogP) is 2.08. The molecular formula is C14H20N2O2. The fourth-order valence-electron chi connectivity index (χ4n) is 2.61. The zero-order valence-corrected chi connectivity index (χ0v) is 11.0. The minimum Gasteiger partial charge on any atom is -0.497 e. The normalized spacial score (nSPS) is 19.6. The predicted molar refractivity (Wildman–Crippen MR) is 72.0 cm³/mol. The van der Waals surface area contributed by atoms with Crippen molar-refractivity contribution in [2.75, 3.05) is 20.3 Å². The molecule has 0 atom stereocenters. The van der Waals surface area contributed by atoms with Gasteiger partial charge in [-0.2, -0.15) is 5.10 Å². The van der Waals surface area contributed by atoms with Gasteiger partial charge in [-0.1, -0.05) is 12.1 Å². The van der Waals surface area contributed by atoms with E-state index in [9.17, 15) is 0 Å². The Morgan fingerprint density at radius 1 is 1.28 bits per heavy atom. The SMILES string of the molecule is COc1ccc(C2(/C(C)=N/N)CCOCC2)cc1. The molecule has 0 saturated carbocycles. The van der Waals surface area contributed by atoms with E-state index in [1.54, 1.807) is 7.11 Å². The molecule has 1 aliphatic heterocycles. The first-order chi connectivity index (χ1) is 8.73. The molecule has 18 heavy (non-hydrogen) atoms. The number of nitrogens with zero attached hydrogens (tertiary/aromatic N) is 1. The number of benzene rings is 1. The summed E-state index contributed by atoms with van der Waals surface area (Å²) in [6.07, 6.45) is 1.84. The van der Waals surface area contributed by atoms with Crippen molar-refractivity contribution in [2.45, 2.75) is 25.2 Å². The summed E-state index contributed by atoms with van der Waals surface area (Å²) in [4.78, 5) is 0. The van der Waals surface area contributed by atoms with Gasteiger partial charge in [-0.3, -0.25) is 0 Å². The van der Waals surface area contributed by atoms with Crippen LogP contribution in [0.25, 0.3) is 0 Å². The van der Waals surface area contributed by atoms with Gasteiger partial charge in [-0.25, -0.2) is 0 Å². The van der Waals surface area contributed by atoms with Crippen LogP contribution in [0.4, 0.5) is 0 Å². The van der Waals surface area contributed by atoms with Crippen LogP contribution >= 0.6 is 0 Å². The molecule has 1 saturated heterocycles. The van der Waals surface area contributed by atoms with Gasteiger partial charge in [0.1, 0.15) is 5.75 Å². The van der Waals surface area contributed by atoms with E-state index < -0.39 is 0 Å². The van der Waals surface area contributed by atoms with Crippen molar-refractivity contribution in [3.63, 3.8) is 0 Å². The Morgan fingerprint density at radius 2 is 1.89 bits per heavy atom. The molecule has 1 aromatic carbocycles. The molecule has 4 heteroatoms. The molecule has 0 aromatic heterocycles. The Labute approximate surface area is 108 Å². The topological polar surface area (TPSA) is 56.8 Å². The highest BCUT2D eigenvalue weighted by atomic mass is 16.5. The third-order valence-corrected chi connectivity index (χ3v) is 3.88. The van der Waals surface area contributed by atoms with E-state index in [-0.39, 0.29) is 5.41 Å². The van der Waals surface area contributed by atoms with Crippen LogP contribution in [0.5, 0.6) is 5.75 Å². The van der Waals surface area contributed by atoms with Crippen molar-refractivity contribution in [1.29, 1.82) is 0 Å². The van der Waals surface area contributed by atoms with Gasteiger partial charge in [0.15, 0.2) is 0 Å².